The molecule has 0 aromatic rings. The van der Waals surface area contributed by atoms with Crippen molar-refractivity contribution in [3.8, 4) is 0 Å². The van der Waals surface area contributed by atoms with Crippen molar-refractivity contribution in [2.45, 2.75) is 46.5 Å². The number of hydrogen-bond donors (Lipinski definition) is 1. The number of carbonyl (C=O) groups is 1. The van der Waals surface area contributed by atoms with Crippen LogP contribution in [0, 0.1) is 24.2 Å². The van der Waals surface area contributed by atoms with Crippen molar-refractivity contribution in [3.63, 3.8) is 0 Å². The molecule has 0 aliphatic heterocycles. The first-order valence-corrected chi connectivity index (χ1v) is 6.10. The lowest BCUT2D eigenvalue weighted by atomic mass is 9.63. The fraction of sp³-hybridized carbons (Fsp3) is 0.846. The van der Waals surface area contributed by atoms with Crippen LogP contribution in [0.4, 0.5) is 0 Å². The minimum Gasteiger partial charge on any atom is -0.356 e. The van der Waals surface area contributed by atoms with E-state index in [4.69, 9.17) is 0 Å². The maximum Gasteiger partial charge on any atom is 0.226 e. The fourth-order valence-electron chi connectivity index (χ4n) is 2.87. The summed E-state index contributed by atoms with van der Waals surface area (Å²) >= 11 is 0. The van der Waals surface area contributed by atoms with E-state index < -0.39 is 0 Å². The van der Waals surface area contributed by atoms with Crippen LogP contribution in [0.15, 0.2) is 0 Å². The van der Waals surface area contributed by atoms with Gasteiger partial charge in [-0.15, -0.1) is 0 Å². The molecule has 1 fully saturated rings. The highest BCUT2D eigenvalue weighted by Gasteiger charge is 2.43. The highest BCUT2D eigenvalue weighted by molar-refractivity contribution is 5.83. The van der Waals surface area contributed by atoms with Crippen LogP contribution in [0.1, 0.15) is 46.5 Å². The molecule has 0 heterocycles. The number of carbonyl (C=O) groups excluding carboxylic acids is 1. The summed E-state index contributed by atoms with van der Waals surface area (Å²) in [6.07, 6.45) is 4.54. The van der Waals surface area contributed by atoms with Crippen molar-refractivity contribution in [2.75, 3.05) is 6.54 Å². The molecule has 0 aromatic heterocycles. The Balaban J connectivity index is 2.82. The summed E-state index contributed by atoms with van der Waals surface area (Å²) in [6.45, 7) is 10.8. The van der Waals surface area contributed by atoms with Gasteiger partial charge in [0.05, 0.1) is 5.41 Å². The van der Waals surface area contributed by atoms with Gasteiger partial charge < -0.3 is 5.32 Å². The minimum absolute atomic E-state index is 0.130. The van der Waals surface area contributed by atoms with Crippen LogP contribution in [0.3, 0.4) is 0 Å². The molecule has 2 heteroatoms. The number of amides is 1. The van der Waals surface area contributed by atoms with Crippen LogP contribution < -0.4 is 5.32 Å². The molecule has 1 saturated carbocycles. The molecular weight excluding hydrogens is 186 g/mol. The van der Waals surface area contributed by atoms with Crippen LogP contribution in [-0.4, -0.2) is 12.5 Å². The number of nitrogens with one attached hydrogen (secondary N) is 1. The Kier molecular flexibility index (Phi) is 4.18. The van der Waals surface area contributed by atoms with E-state index in [1.807, 2.05) is 0 Å². The van der Waals surface area contributed by atoms with Crippen molar-refractivity contribution in [3.05, 3.63) is 6.92 Å². The Morgan fingerprint density at radius 2 is 2.27 bits per heavy atom. The van der Waals surface area contributed by atoms with Crippen molar-refractivity contribution in [2.24, 2.45) is 17.3 Å². The summed E-state index contributed by atoms with van der Waals surface area (Å²) in [4.78, 5) is 12.2. The molecule has 0 aromatic carbocycles. The summed E-state index contributed by atoms with van der Waals surface area (Å²) in [6, 6.07) is 0. The second-order valence-corrected chi connectivity index (χ2v) is 5.27. The smallest absolute Gasteiger partial charge is 0.226 e. The van der Waals surface area contributed by atoms with Gasteiger partial charge in [0, 0.05) is 6.54 Å². The zero-order valence-corrected chi connectivity index (χ0v) is 10.3. The number of hydrogen-bond acceptors (Lipinski definition) is 1. The Morgan fingerprint density at radius 3 is 2.73 bits per heavy atom. The van der Waals surface area contributed by atoms with Gasteiger partial charge in [0.15, 0.2) is 0 Å². The first kappa shape index (κ1) is 12.5. The van der Waals surface area contributed by atoms with E-state index in [9.17, 15) is 4.79 Å². The first-order chi connectivity index (χ1) is 7.03. The van der Waals surface area contributed by atoms with Gasteiger partial charge in [-0.25, -0.2) is 0 Å². The molecule has 15 heavy (non-hydrogen) atoms. The zero-order chi connectivity index (χ0) is 11.5. The van der Waals surface area contributed by atoms with Crippen molar-refractivity contribution in [1.82, 2.24) is 5.32 Å². The van der Waals surface area contributed by atoms with Crippen LogP contribution >= 0.6 is 0 Å². The maximum absolute atomic E-state index is 12.2. The Bertz CT molecular complexity index is 225. The Hall–Kier alpha value is -0.530. The van der Waals surface area contributed by atoms with E-state index in [1.165, 1.54) is 12.8 Å². The quantitative estimate of drug-likeness (QED) is 0.762. The lowest BCUT2D eigenvalue weighted by Crippen LogP contribution is -2.47. The molecule has 2 atom stereocenters. The van der Waals surface area contributed by atoms with Gasteiger partial charge in [-0.1, -0.05) is 33.6 Å². The summed E-state index contributed by atoms with van der Waals surface area (Å²) in [5, 5.41) is 2.91. The summed E-state index contributed by atoms with van der Waals surface area (Å²) in [7, 11) is 0. The summed E-state index contributed by atoms with van der Waals surface area (Å²) < 4.78 is 0. The molecule has 1 radical (unpaired) electrons. The molecular formula is C13H24NO. The summed E-state index contributed by atoms with van der Waals surface area (Å²) in [5.41, 5.74) is -0.130. The first-order valence-electron chi connectivity index (χ1n) is 6.10. The molecule has 0 spiro atoms. The minimum atomic E-state index is -0.130. The lowest BCUT2D eigenvalue weighted by Gasteiger charge is -2.41. The average molecular weight is 210 g/mol. The van der Waals surface area contributed by atoms with Crippen LogP contribution in [0.2, 0.25) is 0 Å². The monoisotopic (exact) mass is 210 g/mol. The second kappa shape index (κ2) is 5.00. The molecule has 1 N–H and O–H groups in total. The molecule has 2 unspecified atom stereocenters. The van der Waals surface area contributed by atoms with Gasteiger partial charge in [0.2, 0.25) is 5.91 Å². The molecule has 0 bridgehead atoms. The van der Waals surface area contributed by atoms with Crippen LogP contribution in [-0.2, 0) is 4.79 Å². The predicted molar refractivity (Wildman–Crippen MR) is 63.3 cm³/mol. The van der Waals surface area contributed by atoms with Crippen LogP contribution in [0.25, 0.3) is 0 Å². The van der Waals surface area contributed by atoms with Gasteiger partial charge >= 0.3 is 0 Å². The van der Waals surface area contributed by atoms with Gasteiger partial charge in [0.25, 0.3) is 0 Å². The van der Waals surface area contributed by atoms with Gasteiger partial charge in [-0.2, -0.15) is 0 Å². The highest BCUT2D eigenvalue weighted by atomic mass is 16.2. The van der Waals surface area contributed by atoms with Crippen molar-refractivity contribution < 1.29 is 4.79 Å². The number of rotatable bonds is 3. The Morgan fingerprint density at radius 1 is 1.60 bits per heavy atom. The topological polar surface area (TPSA) is 29.1 Å². The normalized spacial score (nSPS) is 31.7. The SMILES string of the molecule is [CH2]CNC(=O)C1(C(C)C)CCCC(C)C1. The molecule has 1 aliphatic rings. The maximum atomic E-state index is 12.2. The highest BCUT2D eigenvalue weighted by Crippen LogP contribution is 2.44. The zero-order valence-electron chi connectivity index (χ0n) is 10.3. The third-order valence-electron chi connectivity index (χ3n) is 3.88. The van der Waals surface area contributed by atoms with E-state index in [1.54, 1.807) is 0 Å². The van der Waals surface area contributed by atoms with E-state index >= 15 is 0 Å². The second-order valence-electron chi connectivity index (χ2n) is 5.27. The van der Waals surface area contributed by atoms with Crippen molar-refractivity contribution >= 4 is 5.91 Å². The van der Waals surface area contributed by atoms with Gasteiger partial charge in [0.1, 0.15) is 0 Å². The van der Waals surface area contributed by atoms with E-state index in [-0.39, 0.29) is 11.3 Å². The van der Waals surface area contributed by atoms with Crippen LogP contribution in [0.5, 0.6) is 0 Å². The molecule has 1 amide bonds. The van der Waals surface area contributed by atoms with E-state index in [0.29, 0.717) is 18.4 Å². The largest absolute Gasteiger partial charge is 0.356 e. The molecule has 0 saturated heterocycles. The molecule has 1 aliphatic carbocycles. The average Bonchev–Trinajstić information content (AvgIpc) is 2.17. The third kappa shape index (κ3) is 2.53. The predicted octanol–water partition coefficient (Wildman–Crippen LogP) is 2.79. The van der Waals surface area contributed by atoms with Crippen molar-refractivity contribution in [1.29, 1.82) is 0 Å². The van der Waals surface area contributed by atoms with E-state index in [0.717, 1.165) is 12.8 Å². The Labute approximate surface area is 93.8 Å². The standard InChI is InChI=1S/C13H24NO/c1-5-14-12(15)13(10(2)3)8-6-7-11(4)9-13/h10-11H,1,5-9H2,2-4H3,(H,14,15). The summed E-state index contributed by atoms with van der Waals surface area (Å²) in [5.74, 6) is 1.32. The van der Waals surface area contributed by atoms with Gasteiger partial charge in [-0.05, 0) is 31.6 Å². The van der Waals surface area contributed by atoms with E-state index in [2.05, 4.69) is 33.0 Å². The lowest BCUT2D eigenvalue weighted by molar-refractivity contribution is -0.136. The fourth-order valence-corrected chi connectivity index (χ4v) is 2.87. The molecule has 2 nitrogen and oxygen atoms in total. The third-order valence-corrected chi connectivity index (χ3v) is 3.88. The molecule has 87 valence electrons. The van der Waals surface area contributed by atoms with Gasteiger partial charge in [-0.3, -0.25) is 4.79 Å². The molecule has 1 rings (SSSR count).